The first-order valence-corrected chi connectivity index (χ1v) is 14.6. The van der Waals surface area contributed by atoms with Gasteiger partial charge >= 0.3 is 5.76 Å². The van der Waals surface area contributed by atoms with Crippen LogP contribution in [0.5, 0.6) is 0 Å². The number of amides is 2. The smallest absolute Gasteiger partial charge is 0.345 e. The van der Waals surface area contributed by atoms with E-state index < -0.39 is 11.2 Å². The molecule has 1 heterocycles. The summed E-state index contributed by atoms with van der Waals surface area (Å²) < 4.78 is 7.62. The molecule has 0 unspecified atom stereocenters. The molecular formula is C32H41N5O4. The minimum absolute atomic E-state index is 0.0262. The largest absolute Gasteiger partial charge is 0.459 e. The van der Waals surface area contributed by atoms with Crippen LogP contribution in [-0.4, -0.2) is 65.6 Å². The first-order chi connectivity index (χ1) is 19.5. The average Bonchev–Trinajstić information content (AvgIpc) is 3.30. The van der Waals surface area contributed by atoms with Crippen molar-refractivity contribution in [2.75, 3.05) is 28.2 Å². The molecule has 218 valence electrons. The van der Waals surface area contributed by atoms with Gasteiger partial charge in [0.05, 0.1) is 11.5 Å². The minimum Gasteiger partial charge on any atom is -0.345 e. The maximum absolute atomic E-state index is 13.0. The highest BCUT2D eigenvalue weighted by molar-refractivity contribution is 5.95. The molecule has 9 heteroatoms. The molecule has 2 aliphatic rings. The van der Waals surface area contributed by atoms with E-state index in [0.717, 1.165) is 54.4 Å². The van der Waals surface area contributed by atoms with Gasteiger partial charge in [-0.15, -0.1) is 0 Å². The number of fused-ring (bicyclic) bond motifs is 2. The lowest BCUT2D eigenvalue weighted by Crippen LogP contribution is -2.40. The Kier molecular flexibility index (Phi) is 7.92. The number of aryl methyl sites for hydroxylation is 2. The highest BCUT2D eigenvalue weighted by atomic mass is 16.5. The molecule has 2 aliphatic carbocycles. The van der Waals surface area contributed by atoms with Gasteiger partial charge in [0.25, 0.3) is 11.8 Å². The summed E-state index contributed by atoms with van der Waals surface area (Å²) in [5, 5.41) is 0. The third-order valence-corrected chi connectivity index (χ3v) is 8.60. The fourth-order valence-corrected chi connectivity index (χ4v) is 6.80. The molecule has 3 aromatic rings. The summed E-state index contributed by atoms with van der Waals surface area (Å²) in [5.74, 6) is -0.228. The quantitative estimate of drug-likeness (QED) is 0.490. The number of carbonyl (C=O) groups excluding carboxylic acids is 2. The number of rotatable bonds is 6. The van der Waals surface area contributed by atoms with Gasteiger partial charge in [-0.25, -0.2) is 4.79 Å². The van der Waals surface area contributed by atoms with Crippen molar-refractivity contribution in [3.8, 4) is 0 Å². The van der Waals surface area contributed by atoms with Gasteiger partial charge in [-0.1, -0.05) is 31.4 Å². The Hall–Kier alpha value is -3.72. The third kappa shape index (κ3) is 5.23. The van der Waals surface area contributed by atoms with Gasteiger partial charge in [0.1, 0.15) is 0 Å². The zero-order valence-electron chi connectivity index (χ0n) is 24.8. The molecule has 2 aromatic carbocycles. The van der Waals surface area contributed by atoms with E-state index >= 15 is 0 Å². The number of hydrogen-bond donors (Lipinski definition) is 1. The Labute approximate surface area is 241 Å². The van der Waals surface area contributed by atoms with Crippen LogP contribution in [0.15, 0.2) is 45.7 Å². The maximum atomic E-state index is 13.0. The SMILES string of the molecule is C[C@H](N)CC1(c2nc(=O)on2C2CCCCC2)c2ccc(C(=O)N(C)C)cc2CCc2cc(C(=O)N(C)C)ccc21. The highest BCUT2D eigenvalue weighted by Gasteiger charge is 2.47. The van der Waals surface area contributed by atoms with Crippen molar-refractivity contribution in [1.29, 1.82) is 0 Å². The average molecular weight is 560 g/mol. The van der Waals surface area contributed by atoms with Crippen LogP contribution in [0, 0.1) is 0 Å². The molecule has 0 radical (unpaired) electrons. The summed E-state index contributed by atoms with van der Waals surface area (Å²) >= 11 is 0. The summed E-state index contributed by atoms with van der Waals surface area (Å²) in [6.07, 6.45) is 6.88. The predicted molar refractivity (Wildman–Crippen MR) is 157 cm³/mol. The Bertz CT molecular complexity index is 1440. The number of benzene rings is 2. The fourth-order valence-electron chi connectivity index (χ4n) is 6.80. The molecule has 1 saturated carbocycles. The van der Waals surface area contributed by atoms with E-state index in [4.69, 9.17) is 10.3 Å². The number of hydrogen-bond acceptors (Lipinski definition) is 6. The van der Waals surface area contributed by atoms with Crippen molar-refractivity contribution in [2.45, 2.75) is 75.8 Å². The van der Waals surface area contributed by atoms with Crippen molar-refractivity contribution in [1.82, 2.24) is 19.5 Å². The summed E-state index contributed by atoms with van der Waals surface area (Å²) in [5.41, 5.74) is 10.8. The van der Waals surface area contributed by atoms with Crippen LogP contribution >= 0.6 is 0 Å². The summed E-state index contributed by atoms with van der Waals surface area (Å²) in [7, 11) is 6.97. The molecule has 2 amide bonds. The van der Waals surface area contributed by atoms with E-state index in [-0.39, 0.29) is 23.9 Å². The lowest BCUT2D eigenvalue weighted by atomic mass is 9.67. The summed E-state index contributed by atoms with van der Waals surface area (Å²) in [6.45, 7) is 1.96. The van der Waals surface area contributed by atoms with E-state index in [1.54, 1.807) is 42.7 Å². The molecular weight excluding hydrogens is 518 g/mol. The second-order valence-electron chi connectivity index (χ2n) is 12.1. The van der Waals surface area contributed by atoms with E-state index in [2.05, 4.69) is 4.98 Å². The standard InChI is InChI=1S/C32H41N5O4/c1-20(33)19-32(30-34-31(40)41-37(30)25-9-7-6-8-10-25)26-15-13-23(28(38)35(2)3)17-21(26)11-12-22-18-24(14-16-27(22)32)29(39)36(4)5/h13-18,20,25H,6-12,19,33H2,1-5H3/t20-/m0/s1. The van der Waals surface area contributed by atoms with Gasteiger partial charge in [0, 0.05) is 45.4 Å². The van der Waals surface area contributed by atoms with Crippen molar-refractivity contribution in [2.24, 2.45) is 5.73 Å². The summed E-state index contributed by atoms with van der Waals surface area (Å²) in [4.78, 5) is 46.6. The molecule has 1 fully saturated rings. The normalized spacial score (nSPS) is 17.2. The van der Waals surface area contributed by atoms with Crippen molar-refractivity contribution >= 4 is 11.8 Å². The van der Waals surface area contributed by atoms with Gasteiger partial charge in [0.2, 0.25) is 0 Å². The second-order valence-corrected chi connectivity index (χ2v) is 12.1. The number of nitrogens with zero attached hydrogens (tertiary/aromatic N) is 4. The van der Waals surface area contributed by atoms with Crippen LogP contribution in [0.1, 0.15) is 100 Å². The van der Waals surface area contributed by atoms with Gasteiger partial charge in [-0.3, -0.25) is 9.59 Å². The first-order valence-electron chi connectivity index (χ1n) is 14.6. The Morgan fingerprint density at radius 2 is 1.46 bits per heavy atom. The Morgan fingerprint density at radius 1 is 0.951 bits per heavy atom. The molecule has 2 N–H and O–H groups in total. The van der Waals surface area contributed by atoms with E-state index in [1.165, 1.54) is 0 Å². The van der Waals surface area contributed by atoms with Crippen molar-refractivity contribution < 1.29 is 14.1 Å². The first kappa shape index (κ1) is 28.8. The molecule has 5 rings (SSSR count). The van der Waals surface area contributed by atoms with E-state index in [0.29, 0.717) is 36.2 Å². The van der Waals surface area contributed by atoms with Crippen LogP contribution in [0.2, 0.25) is 0 Å². The van der Waals surface area contributed by atoms with E-state index in [1.807, 2.05) is 43.3 Å². The van der Waals surface area contributed by atoms with Crippen LogP contribution < -0.4 is 11.5 Å². The summed E-state index contributed by atoms with van der Waals surface area (Å²) in [6, 6.07) is 11.4. The molecule has 41 heavy (non-hydrogen) atoms. The van der Waals surface area contributed by atoms with Gasteiger partial charge in [-0.2, -0.15) is 9.72 Å². The lowest BCUT2D eigenvalue weighted by Gasteiger charge is -2.38. The maximum Gasteiger partial charge on any atom is 0.459 e. The molecule has 1 aromatic heterocycles. The van der Waals surface area contributed by atoms with E-state index in [9.17, 15) is 14.4 Å². The van der Waals surface area contributed by atoms with Crippen LogP contribution in [0.25, 0.3) is 0 Å². The van der Waals surface area contributed by atoms with Gasteiger partial charge in [0.15, 0.2) is 5.82 Å². The van der Waals surface area contributed by atoms with Crippen molar-refractivity contribution in [3.63, 3.8) is 0 Å². The fraction of sp³-hybridized carbons (Fsp3) is 0.500. The van der Waals surface area contributed by atoms with Gasteiger partial charge in [-0.05, 0) is 85.5 Å². The van der Waals surface area contributed by atoms with Crippen LogP contribution in [0.3, 0.4) is 0 Å². The number of nitrogens with two attached hydrogens (primary N) is 1. The topological polar surface area (TPSA) is 115 Å². The molecule has 0 aliphatic heterocycles. The third-order valence-electron chi connectivity index (χ3n) is 8.60. The zero-order valence-corrected chi connectivity index (χ0v) is 24.8. The van der Waals surface area contributed by atoms with Gasteiger partial charge < -0.3 is 20.1 Å². The minimum atomic E-state index is -0.918. The number of carbonyl (C=O) groups is 2. The second kappa shape index (κ2) is 11.3. The molecule has 0 saturated heterocycles. The lowest BCUT2D eigenvalue weighted by molar-refractivity contribution is 0.0820. The molecule has 0 bridgehead atoms. The monoisotopic (exact) mass is 559 g/mol. The molecule has 1 atom stereocenters. The molecule has 0 spiro atoms. The zero-order chi connectivity index (χ0) is 29.5. The highest BCUT2D eigenvalue weighted by Crippen LogP contribution is 2.48. The Morgan fingerprint density at radius 3 is 1.93 bits per heavy atom. The predicted octanol–water partition coefficient (Wildman–Crippen LogP) is 3.92. The molecule has 9 nitrogen and oxygen atoms in total. The van der Waals surface area contributed by atoms with Crippen molar-refractivity contribution in [3.05, 3.63) is 86.2 Å². The van der Waals surface area contributed by atoms with Crippen LogP contribution in [0.4, 0.5) is 0 Å². The Balaban J connectivity index is 1.84. The van der Waals surface area contributed by atoms with Crippen LogP contribution in [-0.2, 0) is 18.3 Å². The number of aromatic nitrogens is 2.